The van der Waals surface area contributed by atoms with Crippen LogP contribution in [0.25, 0.3) is 0 Å². The van der Waals surface area contributed by atoms with Crippen molar-refractivity contribution in [1.82, 2.24) is 0 Å². The number of ether oxygens (including phenoxy) is 1. The summed E-state index contributed by atoms with van der Waals surface area (Å²) >= 11 is 0. The van der Waals surface area contributed by atoms with Gasteiger partial charge in [0.1, 0.15) is 5.75 Å². The van der Waals surface area contributed by atoms with Crippen LogP contribution in [0.15, 0.2) is 18.2 Å². The molecule has 6 heteroatoms. The lowest BCUT2D eigenvalue weighted by Gasteiger charge is -2.06. The number of carbonyl (C=O) groups is 3. The first-order valence-electron chi connectivity index (χ1n) is 5.27. The third-order valence-corrected chi connectivity index (χ3v) is 2.14. The molecule has 0 aliphatic rings. The predicted octanol–water partition coefficient (Wildman–Crippen LogP) is 1.79. The molecule has 0 saturated carbocycles. The molecule has 0 aromatic heterocycles. The molecule has 0 fully saturated rings. The molecule has 2 N–H and O–H groups in total. The van der Waals surface area contributed by atoms with E-state index < -0.39 is 23.5 Å². The van der Waals surface area contributed by atoms with Gasteiger partial charge < -0.3 is 14.9 Å². The number of carbonyl (C=O) groups excluding carboxylic acids is 1. The SMILES string of the molecule is CCCC(=O)Oc1ccc(C(=O)O)c(C(=O)O)c1. The third kappa shape index (κ3) is 3.31. The zero-order valence-electron chi connectivity index (χ0n) is 9.67. The van der Waals surface area contributed by atoms with E-state index in [9.17, 15) is 14.4 Å². The Morgan fingerprint density at radius 3 is 2.22 bits per heavy atom. The number of benzene rings is 1. The number of hydrogen-bond acceptors (Lipinski definition) is 4. The minimum absolute atomic E-state index is 0.0239. The van der Waals surface area contributed by atoms with E-state index in [-0.39, 0.29) is 17.7 Å². The Morgan fingerprint density at radius 2 is 1.72 bits per heavy atom. The minimum Gasteiger partial charge on any atom is -0.478 e. The second kappa shape index (κ2) is 5.81. The highest BCUT2D eigenvalue weighted by Gasteiger charge is 2.17. The van der Waals surface area contributed by atoms with Gasteiger partial charge in [-0.3, -0.25) is 4.79 Å². The first kappa shape index (κ1) is 13.7. The molecule has 0 radical (unpaired) electrons. The van der Waals surface area contributed by atoms with Crippen LogP contribution < -0.4 is 4.74 Å². The molecule has 96 valence electrons. The van der Waals surface area contributed by atoms with E-state index in [0.717, 1.165) is 12.1 Å². The maximum absolute atomic E-state index is 11.2. The van der Waals surface area contributed by atoms with Gasteiger partial charge in [0.25, 0.3) is 0 Å². The van der Waals surface area contributed by atoms with Crippen LogP contribution in [-0.2, 0) is 4.79 Å². The van der Waals surface area contributed by atoms with Crippen molar-refractivity contribution in [2.75, 3.05) is 0 Å². The Labute approximate surface area is 103 Å². The van der Waals surface area contributed by atoms with E-state index in [2.05, 4.69) is 0 Å². The Bertz CT molecular complexity index is 491. The van der Waals surface area contributed by atoms with Gasteiger partial charge in [0.15, 0.2) is 0 Å². The van der Waals surface area contributed by atoms with Gasteiger partial charge in [-0.05, 0) is 24.6 Å². The molecule has 1 rings (SSSR count). The molecule has 0 spiro atoms. The summed E-state index contributed by atoms with van der Waals surface area (Å²) in [5.41, 5.74) is -0.762. The Kier molecular flexibility index (Phi) is 4.42. The van der Waals surface area contributed by atoms with Gasteiger partial charge in [-0.25, -0.2) is 9.59 Å². The standard InChI is InChI=1S/C12H12O6/c1-2-3-10(13)18-7-4-5-8(11(14)15)9(6-7)12(16)17/h4-6H,2-3H2,1H3,(H,14,15)(H,16,17). The number of esters is 1. The molecule has 0 bridgehead atoms. The van der Waals surface area contributed by atoms with E-state index >= 15 is 0 Å². The third-order valence-electron chi connectivity index (χ3n) is 2.14. The van der Waals surface area contributed by atoms with Gasteiger partial charge in [0, 0.05) is 6.42 Å². The molecule has 0 heterocycles. The molecule has 0 atom stereocenters. The largest absolute Gasteiger partial charge is 0.478 e. The Morgan fingerprint density at radius 1 is 1.11 bits per heavy atom. The first-order valence-corrected chi connectivity index (χ1v) is 5.27. The normalized spacial score (nSPS) is 9.83. The average Bonchev–Trinajstić information content (AvgIpc) is 2.28. The van der Waals surface area contributed by atoms with Crippen molar-refractivity contribution in [2.45, 2.75) is 19.8 Å². The molecule has 0 aliphatic heterocycles. The van der Waals surface area contributed by atoms with Crippen LogP contribution >= 0.6 is 0 Å². The molecular weight excluding hydrogens is 240 g/mol. The molecule has 6 nitrogen and oxygen atoms in total. The summed E-state index contributed by atoms with van der Waals surface area (Å²) in [7, 11) is 0. The van der Waals surface area contributed by atoms with Crippen LogP contribution in [0, 0.1) is 0 Å². The van der Waals surface area contributed by atoms with Crippen LogP contribution in [-0.4, -0.2) is 28.1 Å². The van der Waals surface area contributed by atoms with Crippen molar-refractivity contribution >= 4 is 17.9 Å². The maximum atomic E-state index is 11.2. The lowest BCUT2D eigenvalue weighted by atomic mass is 10.1. The van der Waals surface area contributed by atoms with Crippen LogP contribution in [0.5, 0.6) is 5.75 Å². The van der Waals surface area contributed by atoms with Crippen molar-refractivity contribution in [3.63, 3.8) is 0 Å². The number of hydrogen-bond donors (Lipinski definition) is 2. The summed E-state index contributed by atoms with van der Waals surface area (Å²) in [4.78, 5) is 32.9. The van der Waals surface area contributed by atoms with Gasteiger partial charge >= 0.3 is 17.9 Å². The predicted molar refractivity (Wildman–Crippen MR) is 60.9 cm³/mol. The van der Waals surface area contributed by atoms with Crippen LogP contribution in [0.1, 0.15) is 40.5 Å². The molecule has 0 amide bonds. The quantitative estimate of drug-likeness (QED) is 0.612. The second-order valence-electron chi connectivity index (χ2n) is 3.54. The molecule has 0 aliphatic carbocycles. The molecule has 0 unspecified atom stereocenters. The van der Waals surface area contributed by atoms with Gasteiger partial charge in [-0.15, -0.1) is 0 Å². The lowest BCUT2D eigenvalue weighted by Crippen LogP contribution is -2.11. The Hall–Kier alpha value is -2.37. The smallest absolute Gasteiger partial charge is 0.336 e. The average molecular weight is 252 g/mol. The number of carboxylic acids is 2. The number of rotatable bonds is 5. The monoisotopic (exact) mass is 252 g/mol. The summed E-state index contributed by atoms with van der Waals surface area (Å²) < 4.78 is 4.89. The van der Waals surface area contributed by atoms with Crippen LogP contribution in [0.3, 0.4) is 0 Å². The van der Waals surface area contributed by atoms with Crippen molar-refractivity contribution in [3.05, 3.63) is 29.3 Å². The highest BCUT2D eigenvalue weighted by atomic mass is 16.5. The van der Waals surface area contributed by atoms with E-state index in [0.29, 0.717) is 6.42 Å². The number of aromatic carboxylic acids is 2. The molecule has 0 saturated heterocycles. The van der Waals surface area contributed by atoms with Gasteiger partial charge in [0.05, 0.1) is 11.1 Å². The summed E-state index contributed by atoms with van der Waals surface area (Å²) in [6.45, 7) is 1.80. The van der Waals surface area contributed by atoms with E-state index in [1.165, 1.54) is 6.07 Å². The number of carboxylic acid groups (broad SMARTS) is 2. The first-order chi connectivity index (χ1) is 8.45. The van der Waals surface area contributed by atoms with Crippen molar-refractivity contribution in [3.8, 4) is 5.75 Å². The zero-order valence-corrected chi connectivity index (χ0v) is 9.67. The second-order valence-corrected chi connectivity index (χ2v) is 3.54. The van der Waals surface area contributed by atoms with Crippen molar-refractivity contribution in [2.24, 2.45) is 0 Å². The van der Waals surface area contributed by atoms with E-state index in [1.807, 2.05) is 0 Å². The van der Waals surface area contributed by atoms with Gasteiger partial charge in [-0.1, -0.05) is 6.92 Å². The highest BCUT2D eigenvalue weighted by Crippen LogP contribution is 2.19. The molecule has 18 heavy (non-hydrogen) atoms. The molecular formula is C12H12O6. The summed E-state index contributed by atoms with van der Waals surface area (Å²) in [5.74, 6) is -3.20. The summed E-state index contributed by atoms with van der Waals surface area (Å²) in [6, 6.07) is 3.38. The zero-order chi connectivity index (χ0) is 13.7. The maximum Gasteiger partial charge on any atom is 0.336 e. The fraction of sp³-hybridized carbons (Fsp3) is 0.250. The highest BCUT2D eigenvalue weighted by molar-refractivity contribution is 6.02. The molecule has 1 aromatic carbocycles. The van der Waals surface area contributed by atoms with Crippen LogP contribution in [0.4, 0.5) is 0 Å². The topological polar surface area (TPSA) is 101 Å². The van der Waals surface area contributed by atoms with Crippen molar-refractivity contribution < 1.29 is 29.3 Å². The van der Waals surface area contributed by atoms with Gasteiger partial charge in [0.2, 0.25) is 0 Å². The van der Waals surface area contributed by atoms with Gasteiger partial charge in [-0.2, -0.15) is 0 Å². The van der Waals surface area contributed by atoms with Crippen LogP contribution in [0.2, 0.25) is 0 Å². The van der Waals surface area contributed by atoms with Crippen molar-refractivity contribution in [1.29, 1.82) is 0 Å². The minimum atomic E-state index is -1.39. The fourth-order valence-corrected chi connectivity index (χ4v) is 1.34. The van der Waals surface area contributed by atoms with E-state index in [4.69, 9.17) is 14.9 Å². The summed E-state index contributed by atoms with van der Waals surface area (Å²) in [6.07, 6.45) is 0.820. The molecule has 1 aromatic rings. The Balaban J connectivity index is 3.04. The lowest BCUT2D eigenvalue weighted by molar-refractivity contribution is -0.134. The van der Waals surface area contributed by atoms with E-state index in [1.54, 1.807) is 6.92 Å². The summed E-state index contributed by atoms with van der Waals surface area (Å²) in [5, 5.41) is 17.7. The fourth-order valence-electron chi connectivity index (χ4n) is 1.34.